The van der Waals surface area contributed by atoms with Gasteiger partial charge in [-0.15, -0.1) is 6.58 Å². The molecule has 1 fully saturated rings. The van der Waals surface area contributed by atoms with Crippen LogP contribution in [0.4, 0.5) is 17.1 Å². The SMILES string of the molecule is C/C=C(Cl)\C1=N/C(C)Nc2cccc(c2)CCc2cc(ccc2NC(=O)C2CCN(SP(C)C)CC2)N1.C=CC. The molecule has 216 valence electrons. The van der Waals surface area contributed by atoms with E-state index in [4.69, 9.17) is 16.6 Å². The van der Waals surface area contributed by atoms with Crippen LogP contribution in [0, 0.1) is 5.92 Å². The first-order chi connectivity index (χ1) is 19.2. The molecule has 1 atom stereocenters. The molecule has 1 amide bonds. The van der Waals surface area contributed by atoms with E-state index in [1.165, 1.54) is 5.56 Å². The maximum absolute atomic E-state index is 13.2. The van der Waals surface area contributed by atoms with Crippen LogP contribution in [0.2, 0.25) is 0 Å². The molecule has 4 bridgehead atoms. The minimum atomic E-state index is -0.170. The molecule has 0 spiro atoms. The molecule has 6 nitrogen and oxygen atoms in total. The fourth-order valence-corrected chi connectivity index (χ4v) is 7.46. The highest BCUT2D eigenvalue weighted by atomic mass is 35.5. The van der Waals surface area contributed by atoms with Crippen LogP contribution < -0.4 is 16.0 Å². The number of rotatable bonds is 5. The van der Waals surface area contributed by atoms with Crippen molar-refractivity contribution in [1.82, 2.24) is 4.31 Å². The average Bonchev–Trinajstić information content (AvgIpc) is 2.93. The van der Waals surface area contributed by atoms with Crippen molar-refractivity contribution < 1.29 is 4.79 Å². The topological polar surface area (TPSA) is 68.8 Å². The van der Waals surface area contributed by atoms with Gasteiger partial charge in [0.1, 0.15) is 12.0 Å². The molecule has 0 aliphatic carbocycles. The van der Waals surface area contributed by atoms with E-state index in [2.05, 4.69) is 70.5 Å². The molecule has 0 aromatic heterocycles. The van der Waals surface area contributed by atoms with Gasteiger partial charge < -0.3 is 16.0 Å². The Labute approximate surface area is 250 Å². The van der Waals surface area contributed by atoms with Crippen molar-refractivity contribution in [3.8, 4) is 0 Å². The lowest BCUT2D eigenvalue weighted by Crippen LogP contribution is -2.34. The summed E-state index contributed by atoms with van der Waals surface area (Å²) in [6.07, 6.45) is 6.89. The number of carbonyl (C=O) groups excluding carboxylic acids is 1. The highest BCUT2D eigenvalue weighted by Gasteiger charge is 2.26. The first-order valence-electron chi connectivity index (χ1n) is 13.9. The third-order valence-corrected chi connectivity index (χ3v) is 9.51. The Morgan fingerprint density at radius 2 is 1.88 bits per heavy atom. The lowest BCUT2D eigenvalue weighted by atomic mass is 9.96. The number of nitrogens with zero attached hydrogens (tertiary/aromatic N) is 2. The molecule has 4 rings (SSSR count). The van der Waals surface area contributed by atoms with Crippen LogP contribution in [0.25, 0.3) is 0 Å². The van der Waals surface area contributed by atoms with Gasteiger partial charge in [-0.1, -0.05) is 47.5 Å². The summed E-state index contributed by atoms with van der Waals surface area (Å²) in [5.74, 6) is 0.779. The van der Waals surface area contributed by atoms with Gasteiger partial charge >= 0.3 is 0 Å². The second kappa shape index (κ2) is 16.2. The molecule has 2 aromatic carbocycles. The lowest BCUT2D eigenvalue weighted by molar-refractivity contribution is -0.120. The first-order valence-corrected chi connectivity index (χ1v) is 17.8. The van der Waals surface area contributed by atoms with E-state index >= 15 is 0 Å². The third kappa shape index (κ3) is 9.95. The number of halogens is 1. The number of fused-ring (bicyclic) bond motifs is 4. The first kappa shape index (κ1) is 32.2. The fourth-order valence-electron chi connectivity index (χ4n) is 4.66. The number of amides is 1. The van der Waals surface area contributed by atoms with E-state index in [1.807, 2.05) is 50.5 Å². The van der Waals surface area contributed by atoms with E-state index < -0.39 is 0 Å². The minimum absolute atomic E-state index is 0.0259. The van der Waals surface area contributed by atoms with Crippen molar-refractivity contribution in [2.24, 2.45) is 10.9 Å². The predicted molar refractivity (Wildman–Crippen MR) is 179 cm³/mol. The van der Waals surface area contributed by atoms with Crippen molar-refractivity contribution in [2.45, 2.75) is 52.6 Å². The smallest absolute Gasteiger partial charge is 0.227 e. The van der Waals surface area contributed by atoms with E-state index in [0.29, 0.717) is 10.9 Å². The highest BCUT2D eigenvalue weighted by molar-refractivity contribution is 8.54. The molecule has 2 aliphatic rings. The van der Waals surface area contributed by atoms with Gasteiger partial charge in [0.2, 0.25) is 5.91 Å². The number of aryl methyl sites for hydroxylation is 2. The molecule has 2 heterocycles. The number of aliphatic imine (C=N–C) groups is 1. The number of hydrogen-bond acceptors (Lipinski definition) is 6. The summed E-state index contributed by atoms with van der Waals surface area (Å²) in [5, 5.41) is 10.7. The Morgan fingerprint density at radius 3 is 2.55 bits per heavy atom. The Hall–Kier alpha value is -2.31. The zero-order chi connectivity index (χ0) is 29.1. The van der Waals surface area contributed by atoms with E-state index in [9.17, 15) is 4.79 Å². The number of nitrogens with one attached hydrogen (secondary N) is 3. The van der Waals surface area contributed by atoms with Crippen LogP contribution in [0.1, 0.15) is 44.7 Å². The monoisotopic (exact) mass is 599 g/mol. The Balaban J connectivity index is 0.00000141. The molecule has 2 aliphatic heterocycles. The van der Waals surface area contributed by atoms with Crippen molar-refractivity contribution >= 4 is 59.1 Å². The van der Waals surface area contributed by atoms with Crippen molar-refractivity contribution in [3.05, 3.63) is 77.4 Å². The second-order valence-corrected chi connectivity index (χ2v) is 15.5. The van der Waals surface area contributed by atoms with Gasteiger partial charge in [-0.25, -0.2) is 9.30 Å². The number of hydrogen-bond donors (Lipinski definition) is 3. The van der Waals surface area contributed by atoms with Gasteiger partial charge in [-0.2, -0.15) is 0 Å². The van der Waals surface area contributed by atoms with Crippen molar-refractivity contribution in [3.63, 3.8) is 0 Å². The summed E-state index contributed by atoms with van der Waals surface area (Å²) in [7, 11) is -0.0259. The molecule has 0 saturated carbocycles. The van der Waals surface area contributed by atoms with Crippen LogP contribution in [-0.2, 0) is 17.6 Å². The van der Waals surface area contributed by atoms with Gasteiger partial charge in [-0.05, 0) is 108 Å². The molecule has 0 radical (unpaired) electrons. The quantitative estimate of drug-likeness (QED) is 0.183. The maximum Gasteiger partial charge on any atom is 0.227 e. The summed E-state index contributed by atoms with van der Waals surface area (Å²) in [4.78, 5) is 18.0. The van der Waals surface area contributed by atoms with Crippen LogP contribution in [-0.4, -0.2) is 48.6 Å². The number of piperidine rings is 1. The second-order valence-electron chi connectivity index (χ2n) is 10.1. The largest absolute Gasteiger partial charge is 0.364 e. The zero-order valence-corrected chi connectivity index (χ0v) is 26.8. The predicted octanol–water partition coefficient (Wildman–Crippen LogP) is 8.34. The molecular weight excluding hydrogens is 557 g/mol. The molecule has 40 heavy (non-hydrogen) atoms. The molecule has 9 heteroatoms. The highest BCUT2D eigenvalue weighted by Crippen LogP contribution is 2.45. The van der Waals surface area contributed by atoms with Crippen LogP contribution in [0.3, 0.4) is 0 Å². The maximum atomic E-state index is 13.2. The summed E-state index contributed by atoms with van der Waals surface area (Å²) in [5.41, 5.74) is 5.12. The van der Waals surface area contributed by atoms with E-state index in [1.54, 1.807) is 6.08 Å². The summed E-state index contributed by atoms with van der Waals surface area (Å²) >= 11 is 8.46. The van der Waals surface area contributed by atoms with Crippen LogP contribution in [0.15, 0.2) is 71.2 Å². The van der Waals surface area contributed by atoms with Gasteiger partial charge in [-0.3, -0.25) is 4.79 Å². The average molecular weight is 600 g/mol. The van der Waals surface area contributed by atoms with Gasteiger partial charge in [0.15, 0.2) is 0 Å². The number of benzene rings is 2. The minimum Gasteiger partial charge on any atom is -0.364 e. The van der Waals surface area contributed by atoms with Crippen molar-refractivity contribution in [2.75, 3.05) is 42.4 Å². The Kier molecular flexibility index (Phi) is 13.1. The van der Waals surface area contributed by atoms with E-state index in [-0.39, 0.29) is 25.1 Å². The summed E-state index contributed by atoms with van der Waals surface area (Å²) in [6.45, 7) is 15.6. The lowest BCUT2D eigenvalue weighted by Gasteiger charge is -2.31. The van der Waals surface area contributed by atoms with Crippen molar-refractivity contribution in [1.29, 1.82) is 0 Å². The number of allylic oxidation sites excluding steroid dienone is 2. The number of anilines is 3. The summed E-state index contributed by atoms with van der Waals surface area (Å²) in [6, 6.07) is 14.5. The fraction of sp³-hybridized carbons (Fsp3) is 0.419. The Bertz CT molecular complexity index is 1210. The van der Waals surface area contributed by atoms with Crippen LogP contribution in [0.5, 0.6) is 0 Å². The van der Waals surface area contributed by atoms with Gasteiger partial charge in [0.05, 0.1) is 5.03 Å². The van der Waals surface area contributed by atoms with Gasteiger partial charge in [0.25, 0.3) is 0 Å². The molecule has 3 N–H and O–H groups in total. The molecular formula is C31H43ClN5OPS. The zero-order valence-electron chi connectivity index (χ0n) is 24.3. The third-order valence-electron chi connectivity index (χ3n) is 6.52. The number of carbonyl (C=O) groups is 1. The molecule has 2 aromatic rings. The van der Waals surface area contributed by atoms with Crippen LogP contribution >= 0.6 is 30.3 Å². The summed E-state index contributed by atoms with van der Waals surface area (Å²) < 4.78 is 2.42. The number of amidine groups is 1. The molecule has 1 saturated heterocycles. The Morgan fingerprint density at radius 1 is 1.15 bits per heavy atom. The van der Waals surface area contributed by atoms with E-state index in [0.717, 1.165) is 61.4 Å². The molecule has 1 unspecified atom stereocenters. The normalized spacial score (nSPS) is 19.7. The van der Waals surface area contributed by atoms with Gasteiger partial charge in [0, 0.05) is 36.1 Å². The standard InChI is InChI=1S/C28H37ClN5OPS.C3H6/c1-5-25(29)27-31-19(2)30-23-8-6-7-20(17-23)9-10-22-18-24(32-27)11-12-26(22)33-28(35)21-13-15-34(16-14-21)37-36(3)4;1-3-2/h5-8,11-12,17-19,21,30H,9-10,13-16H2,1-4H3,(H,31,32)(H,33,35);3H,1H2,2H3/b25-5+;.